The van der Waals surface area contributed by atoms with Gasteiger partial charge in [0.15, 0.2) is 11.6 Å². The van der Waals surface area contributed by atoms with Crippen LogP contribution >= 0.6 is 22.7 Å². The van der Waals surface area contributed by atoms with Gasteiger partial charge < -0.3 is 4.40 Å². The Morgan fingerprint density at radius 2 is 1.00 bits per heavy atom. The van der Waals surface area contributed by atoms with Gasteiger partial charge in [-0.25, -0.2) is 4.98 Å². The van der Waals surface area contributed by atoms with Crippen LogP contribution in [0, 0.1) is 0 Å². The van der Waals surface area contributed by atoms with Crippen molar-refractivity contribution in [1.82, 2.24) is 23.9 Å². The minimum absolute atomic E-state index is 0.622. The van der Waals surface area contributed by atoms with Crippen LogP contribution in [0.2, 0.25) is 0 Å². The van der Waals surface area contributed by atoms with Crippen LogP contribution in [0.3, 0.4) is 0 Å². The SMILES string of the molecule is c1ccc(-c2nc(-c3ccc4sc5ccccc5c4c3)nc(-n3c4ccc5sc6ccc7c8cccc9c%10ccc3c3c4c5c6c7n(c89)c%103)n2)cc1. The second-order valence-corrected chi connectivity index (χ2v) is 16.1. The quantitative estimate of drug-likeness (QED) is 0.185. The van der Waals surface area contributed by atoms with Crippen molar-refractivity contribution in [3.8, 4) is 28.7 Å². The fourth-order valence-corrected chi connectivity index (χ4v) is 11.6. The maximum atomic E-state index is 5.36. The van der Waals surface area contributed by atoms with Crippen molar-refractivity contribution < 1.29 is 0 Å². The molecule has 7 heterocycles. The van der Waals surface area contributed by atoms with E-state index in [1.54, 1.807) is 0 Å². The summed E-state index contributed by atoms with van der Waals surface area (Å²) in [6.45, 7) is 0. The molecule has 0 aliphatic heterocycles. The highest BCUT2D eigenvalue weighted by Crippen LogP contribution is 2.53. The molecule has 7 aromatic heterocycles. The summed E-state index contributed by atoms with van der Waals surface area (Å²) in [4.78, 5) is 15.8. The van der Waals surface area contributed by atoms with E-state index in [0.29, 0.717) is 17.6 Å². The molecule has 0 saturated carbocycles. The van der Waals surface area contributed by atoms with E-state index in [0.717, 1.165) is 22.2 Å². The largest absolute Gasteiger partial charge is 0.307 e. The Balaban J connectivity index is 1.15. The molecule has 0 aliphatic carbocycles. The molecule has 7 aromatic carbocycles. The molecule has 0 atom stereocenters. The number of benzene rings is 7. The molecule has 0 saturated heterocycles. The molecule has 7 heteroatoms. The smallest absolute Gasteiger partial charge is 0.238 e. The maximum absolute atomic E-state index is 5.36. The fraction of sp³-hybridized carbons (Fsp3) is 0. The van der Waals surface area contributed by atoms with E-state index >= 15 is 0 Å². The number of thiophene rings is 2. The van der Waals surface area contributed by atoms with Gasteiger partial charge in [-0.1, -0.05) is 78.9 Å². The van der Waals surface area contributed by atoms with Crippen LogP contribution in [0.5, 0.6) is 0 Å². The van der Waals surface area contributed by atoms with Crippen LogP contribution in [0.4, 0.5) is 0 Å². The highest BCUT2D eigenvalue weighted by Gasteiger charge is 2.29. The maximum Gasteiger partial charge on any atom is 0.238 e. The third-order valence-electron chi connectivity index (χ3n) is 11.4. The summed E-state index contributed by atoms with van der Waals surface area (Å²) in [5, 5.41) is 12.9. The molecule has 0 unspecified atom stereocenters. The Morgan fingerprint density at radius 1 is 0.385 bits per heavy atom. The molecule has 0 aliphatic rings. The van der Waals surface area contributed by atoms with Crippen molar-refractivity contribution >= 4 is 123 Å². The van der Waals surface area contributed by atoms with E-state index in [9.17, 15) is 0 Å². The van der Waals surface area contributed by atoms with Gasteiger partial charge in [-0.3, -0.25) is 4.57 Å². The average Bonchev–Trinajstić information content (AvgIpc) is 3.98. The first-order chi connectivity index (χ1) is 25.8. The van der Waals surface area contributed by atoms with E-state index in [-0.39, 0.29) is 0 Å². The second kappa shape index (κ2) is 8.90. The number of hydrogen-bond donors (Lipinski definition) is 0. The van der Waals surface area contributed by atoms with Gasteiger partial charge in [0.1, 0.15) is 0 Å². The lowest BCUT2D eigenvalue weighted by Gasteiger charge is -2.11. The Labute approximate surface area is 301 Å². The van der Waals surface area contributed by atoms with Gasteiger partial charge in [-0.2, -0.15) is 9.97 Å². The van der Waals surface area contributed by atoms with Crippen LogP contribution < -0.4 is 0 Å². The molecule has 0 bridgehead atoms. The predicted octanol–water partition coefficient (Wildman–Crippen LogP) is 12.5. The van der Waals surface area contributed by atoms with Gasteiger partial charge in [0.2, 0.25) is 5.95 Å². The predicted molar refractivity (Wildman–Crippen MR) is 219 cm³/mol. The number of hydrogen-bond acceptors (Lipinski definition) is 5. The highest BCUT2D eigenvalue weighted by atomic mass is 32.1. The van der Waals surface area contributed by atoms with Gasteiger partial charge in [0.25, 0.3) is 0 Å². The first-order valence-corrected chi connectivity index (χ1v) is 19.1. The number of rotatable bonds is 3. The van der Waals surface area contributed by atoms with E-state index in [1.165, 1.54) is 89.2 Å². The Kier molecular flexibility index (Phi) is 4.52. The van der Waals surface area contributed by atoms with E-state index < -0.39 is 0 Å². The lowest BCUT2D eigenvalue weighted by atomic mass is 10.0. The van der Waals surface area contributed by atoms with E-state index in [4.69, 9.17) is 15.0 Å². The Hall–Kier alpha value is -6.41. The van der Waals surface area contributed by atoms with Crippen molar-refractivity contribution in [3.05, 3.63) is 127 Å². The van der Waals surface area contributed by atoms with Crippen molar-refractivity contribution in [1.29, 1.82) is 0 Å². The molecule has 0 N–H and O–H groups in total. The summed E-state index contributed by atoms with van der Waals surface area (Å²) >= 11 is 3.71. The summed E-state index contributed by atoms with van der Waals surface area (Å²) in [7, 11) is 0. The van der Waals surface area contributed by atoms with Crippen molar-refractivity contribution in [2.24, 2.45) is 0 Å². The van der Waals surface area contributed by atoms with Gasteiger partial charge in [0.05, 0.1) is 27.6 Å². The Bertz CT molecular complexity index is 3750. The van der Waals surface area contributed by atoms with Crippen LogP contribution in [-0.4, -0.2) is 23.9 Å². The normalized spacial score (nSPS) is 13.0. The molecule has 238 valence electrons. The molecule has 14 aromatic rings. The molecule has 0 radical (unpaired) electrons. The second-order valence-electron chi connectivity index (χ2n) is 14.0. The zero-order valence-corrected chi connectivity index (χ0v) is 28.8. The monoisotopic (exact) mass is 695 g/mol. The first kappa shape index (κ1) is 26.4. The number of nitrogens with zero attached hydrogens (tertiary/aromatic N) is 5. The average molecular weight is 696 g/mol. The van der Waals surface area contributed by atoms with Crippen LogP contribution in [-0.2, 0) is 0 Å². The third-order valence-corrected chi connectivity index (χ3v) is 13.7. The summed E-state index contributed by atoms with van der Waals surface area (Å²) < 4.78 is 10.0. The summed E-state index contributed by atoms with van der Waals surface area (Å²) in [6.07, 6.45) is 0. The number of fused-ring (bicyclic) bond motifs is 5. The van der Waals surface area contributed by atoms with Gasteiger partial charge in [-0.05, 0) is 48.5 Å². The molecule has 52 heavy (non-hydrogen) atoms. The minimum atomic E-state index is 0.622. The van der Waals surface area contributed by atoms with Crippen molar-refractivity contribution in [3.63, 3.8) is 0 Å². The highest BCUT2D eigenvalue weighted by molar-refractivity contribution is 7.26. The van der Waals surface area contributed by atoms with E-state index in [1.807, 2.05) is 40.9 Å². The third kappa shape index (κ3) is 2.99. The van der Waals surface area contributed by atoms with Gasteiger partial charge in [0, 0.05) is 83.8 Å². The van der Waals surface area contributed by atoms with Gasteiger partial charge >= 0.3 is 0 Å². The zero-order chi connectivity index (χ0) is 33.4. The molecular weight excluding hydrogens is 675 g/mol. The fourth-order valence-electron chi connectivity index (χ4n) is 9.35. The summed E-state index contributed by atoms with van der Waals surface area (Å²) in [6, 6.07) is 46.2. The molecule has 0 amide bonds. The standard InChI is InChI=1S/C45H21N5S2/c1-2-7-22(8-3-1)43-46-44(23-13-18-33-29(21-23)24-9-4-5-12-32(24)51-33)48-45(47-43)49-30-17-20-34-38-36(30)37-31(49)16-14-27-25-10-6-11-26-28-15-19-35(52-34)39(38)42(28)50(40(25)26)41(27)37/h1-21H. The molecule has 5 nitrogen and oxygen atoms in total. The zero-order valence-electron chi connectivity index (χ0n) is 27.2. The topological polar surface area (TPSA) is 48.0 Å². The first-order valence-electron chi connectivity index (χ1n) is 17.5. The molecule has 0 fully saturated rings. The van der Waals surface area contributed by atoms with Crippen molar-refractivity contribution in [2.75, 3.05) is 0 Å². The Morgan fingerprint density at radius 3 is 1.88 bits per heavy atom. The van der Waals surface area contributed by atoms with Gasteiger partial charge in [-0.15, -0.1) is 22.7 Å². The lowest BCUT2D eigenvalue weighted by Crippen LogP contribution is -2.06. The van der Waals surface area contributed by atoms with E-state index in [2.05, 4.69) is 118 Å². The van der Waals surface area contributed by atoms with Crippen LogP contribution in [0.25, 0.3) is 129 Å². The summed E-state index contributed by atoms with van der Waals surface area (Å²) in [5.41, 5.74) is 8.07. The number of para-hydroxylation sites is 1. The van der Waals surface area contributed by atoms with Crippen LogP contribution in [0.15, 0.2) is 127 Å². The minimum Gasteiger partial charge on any atom is -0.307 e. The molecule has 0 spiro atoms. The lowest BCUT2D eigenvalue weighted by molar-refractivity contribution is 0.954. The van der Waals surface area contributed by atoms with Crippen molar-refractivity contribution in [2.45, 2.75) is 0 Å². The summed E-state index contributed by atoms with van der Waals surface area (Å²) in [5.74, 6) is 1.94. The number of aromatic nitrogens is 5. The van der Waals surface area contributed by atoms with Crippen LogP contribution in [0.1, 0.15) is 0 Å². The molecular formula is C45H21N5S2. The molecule has 14 rings (SSSR count).